The topological polar surface area (TPSA) is 26.3 Å². The van der Waals surface area contributed by atoms with E-state index >= 15 is 0 Å². The van der Waals surface area contributed by atoms with Gasteiger partial charge in [-0.25, -0.2) is 0 Å². The van der Waals surface area contributed by atoms with E-state index in [1.54, 1.807) is 11.8 Å². The number of allylic oxidation sites excluding steroid dienone is 1. The van der Waals surface area contributed by atoms with Crippen LogP contribution in [0, 0.1) is 5.92 Å². The molecule has 0 N–H and O–H groups in total. The van der Waals surface area contributed by atoms with Crippen LogP contribution >= 0.6 is 11.8 Å². The van der Waals surface area contributed by atoms with Crippen molar-refractivity contribution >= 4 is 17.7 Å². The molecule has 1 heterocycles. The van der Waals surface area contributed by atoms with Gasteiger partial charge in [-0.2, -0.15) is 0 Å². The summed E-state index contributed by atoms with van der Waals surface area (Å²) in [6.45, 7) is 3.40. The molecule has 3 nitrogen and oxygen atoms in total. The Morgan fingerprint density at radius 1 is 1.47 bits per heavy atom. The van der Waals surface area contributed by atoms with E-state index in [0.29, 0.717) is 12.5 Å². The number of nitrogens with zero attached hydrogens (tertiary/aromatic N) is 1. The van der Waals surface area contributed by atoms with E-state index in [4.69, 9.17) is 4.74 Å². The maximum Gasteiger partial charge on any atom is 0.320 e. The molecule has 1 aliphatic heterocycles. The number of esters is 1. The van der Waals surface area contributed by atoms with Gasteiger partial charge in [-0.3, -0.25) is 4.79 Å². The maximum absolute atomic E-state index is 11.7. The molecule has 0 aromatic carbocycles. The summed E-state index contributed by atoms with van der Waals surface area (Å²) in [4.78, 5) is 11.7. The Balaban J connectivity index is 2.25. The van der Waals surface area contributed by atoms with Crippen molar-refractivity contribution in [2.75, 3.05) is 34.3 Å². The third kappa shape index (κ3) is 4.26. The van der Waals surface area contributed by atoms with Crippen molar-refractivity contribution < 1.29 is 14.0 Å². The molecule has 1 aliphatic rings. The number of rotatable bonds is 4. The van der Waals surface area contributed by atoms with Crippen molar-refractivity contribution in [3.63, 3.8) is 0 Å². The van der Waals surface area contributed by atoms with Crippen molar-refractivity contribution in [1.29, 1.82) is 0 Å². The normalized spacial score (nSPS) is 25.6. The van der Waals surface area contributed by atoms with Gasteiger partial charge in [0.2, 0.25) is 0 Å². The molecule has 0 amide bonds. The first-order valence-corrected chi connectivity index (χ1v) is 6.14. The standard InChI is InChI=1S/C11H20NO2S/c1-9-5-8-15-10(9)11(13)14-7-6-12(2,3)4/h5,8-10H,6-7H2,1-4H3/q+1. The third-order valence-corrected chi connectivity index (χ3v) is 3.55. The number of quaternary nitrogens is 1. The molecule has 15 heavy (non-hydrogen) atoms. The molecule has 2 unspecified atom stereocenters. The molecule has 0 saturated heterocycles. The summed E-state index contributed by atoms with van der Waals surface area (Å²) in [5, 5.41) is 1.95. The molecular weight excluding hydrogens is 210 g/mol. The van der Waals surface area contributed by atoms with Gasteiger partial charge in [-0.1, -0.05) is 13.0 Å². The monoisotopic (exact) mass is 230 g/mol. The first-order valence-electron chi connectivity index (χ1n) is 5.19. The minimum absolute atomic E-state index is 0.0301. The molecule has 0 saturated carbocycles. The summed E-state index contributed by atoms with van der Waals surface area (Å²) in [5.74, 6) is 0.220. The number of hydrogen-bond donors (Lipinski definition) is 0. The van der Waals surface area contributed by atoms with E-state index in [2.05, 4.69) is 27.2 Å². The fourth-order valence-electron chi connectivity index (χ4n) is 1.25. The quantitative estimate of drug-likeness (QED) is 0.541. The highest BCUT2D eigenvalue weighted by molar-refractivity contribution is 8.03. The van der Waals surface area contributed by atoms with Gasteiger partial charge in [-0.15, -0.1) is 11.8 Å². The predicted molar refractivity (Wildman–Crippen MR) is 63.5 cm³/mol. The fraction of sp³-hybridized carbons (Fsp3) is 0.727. The van der Waals surface area contributed by atoms with E-state index in [-0.39, 0.29) is 11.2 Å². The molecule has 0 aromatic heterocycles. The average Bonchev–Trinajstić information content (AvgIpc) is 2.48. The zero-order chi connectivity index (χ0) is 11.5. The lowest BCUT2D eigenvalue weighted by atomic mass is 10.1. The second-order valence-corrected chi connectivity index (χ2v) is 5.98. The maximum atomic E-state index is 11.7. The molecule has 4 heteroatoms. The molecule has 2 atom stereocenters. The first kappa shape index (κ1) is 12.6. The lowest BCUT2D eigenvalue weighted by Gasteiger charge is -2.24. The summed E-state index contributed by atoms with van der Waals surface area (Å²) in [7, 11) is 6.26. The van der Waals surface area contributed by atoms with Crippen LogP contribution in [0.2, 0.25) is 0 Å². The molecule has 86 valence electrons. The van der Waals surface area contributed by atoms with E-state index in [1.807, 2.05) is 12.3 Å². The van der Waals surface area contributed by atoms with Gasteiger partial charge in [0, 0.05) is 0 Å². The number of thioether (sulfide) groups is 1. The zero-order valence-corrected chi connectivity index (χ0v) is 10.7. The van der Waals surface area contributed by atoms with Crippen molar-refractivity contribution in [2.45, 2.75) is 12.2 Å². The van der Waals surface area contributed by atoms with Crippen molar-refractivity contribution in [1.82, 2.24) is 0 Å². The molecule has 0 aliphatic carbocycles. The summed E-state index contributed by atoms with van der Waals surface area (Å²) >= 11 is 1.56. The SMILES string of the molecule is CC1C=CSC1C(=O)OCC[N+](C)(C)C. The molecule has 0 fully saturated rings. The minimum atomic E-state index is -0.0778. The van der Waals surface area contributed by atoms with Gasteiger partial charge in [-0.05, 0) is 11.3 Å². The summed E-state index contributed by atoms with van der Waals surface area (Å²) in [6, 6.07) is 0. The van der Waals surface area contributed by atoms with Crippen LogP contribution in [-0.2, 0) is 9.53 Å². The van der Waals surface area contributed by atoms with Crippen molar-refractivity contribution in [3.05, 3.63) is 11.5 Å². The highest BCUT2D eigenvalue weighted by atomic mass is 32.2. The van der Waals surface area contributed by atoms with Gasteiger partial charge < -0.3 is 9.22 Å². The lowest BCUT2D eigenvalue weighted by molar-refractivity contribution is -0.870. The Hall–Kier alpha value is -0.480. The number of carbonyl (C=O) groups is 1. The molecular formula is C11H20NO2S+. The van der Waals surface area contributed by atoms with Crippen molar-refractivity contribution in [2.24, 2.45) is 5.92 Å². The molecule has 0 aromatic rings. The van der Waals surface area contributed by atoms with Crippen LogP contribution in [0.5, 0.6) is 0 Å². The third-order valence-electron chi connectivity index (χ3n) is 2.32. The lowest BCUT2D eigenvalue weighted by Crippen LogP contribution is -2.38. The molecule has 0 bridgehead atoms. The highest BCUT2D eigenvalue weighted by Gasteiger charge is 2.28. The van der Waals surface area contributed by atoms with E-state index in [1.165, 1.54) is 0 Å². The van der Waals surface area contributed by atoms with Crippen molar-refractivity contribution in [3.8, 4) is 0 Å². The van der Waals surface area contributed by atoms with Gasteiger partial charge >= 0.3 is 5.97 Å². The molecule has 0 spiro atoms. The number of ether oxygens (including phenoxy) is 1. The Labute approximate surface area is 96.1 Å². The zero-order valence-electron chi connectivity index (χ0n) is 9.90. The smallest absolute Gasteiger partial charge is 0.320 e. The Morgan fingerprint density at radius 2 is 2.13 bits per heavy atom. The summed E-state index contributed by atoms with van der Waals surface area (Å²) in [6.07, 6.45) is 2.05. The van der Waals surface area contributed by atoms with Crippen LogP contribution in [0.4, 0.5) is 0 Å². The molecule has 0 radical (unpaired) electrons. The van der Waals surface area contributed by atoms with Crippen LogP contribution < -0.4 is 0 Å². The van der Waals surface area contributed by atoms with Crippen LogP contribution in [0.1, 0.15) is 6.92 Å². The van der Waals surface area contributed by atoms with Gasteiger partial charge in [0.15, 0.2) is 0 Å². The predicted octanol–water partition coefficient (Wildman–Crippen LogP) is 1.50. The minimum Gasteiger partial charge on any atom is -0.459 e. The fourth-order valence-corrected chi connectivity index (χ4v) is 2.28. The number of hydrogen-bond acceptors (Lipinski definition) is 3. The van der Waals surface area contributed by atoms with Crippen LogP contribution in [0.15, 0.2) is 11.5 Å². The van der Waals surface area contributed by atoms with Crippen LogP contribution in [0.3, 0.4) is 0 Å². The van der Waals surface area contributed by atoms with Gasteiger partial charge in [0.05, 0.1) is 21.1 Å². The van der Waals surface area contributed by atoms with Gasteiger partial charge in [0.25, 0.3) is 0 Å². The van der Waals surface area contributed by atoms with E-state index < -0.39 is 0 Å². The largest absolute Gasteiger partial charge is 0.459 e. The Bertz CT molecular complexity index is 258. The number of carbonyl (C=O) groups excluding carboxylic acids is 1. The van der Waals surface area contributed by atoms with E-state index in [9.17, 15) is 4.79 Å². The van der Waals surface area contributed by atoms with Gasteiger partial charge in [0.1, 0.15) is 18.4 Å². The highest BCUT2D eigenvalue weighted by Crippen LogP contribution is 2.30. The second-order valence-electron chi connectivity index (χ2n) is 4.93. The number of likely N-dealkylation sites (N-methyl/N-ethyl adjacent to an activating group) is 1. The first-order chi connectivity index (χ1) is 6.90. The van der Waals surface area contributed by atoms with Crippen LogP contribution in [-0.4, -0.2) is 50.0 Å². The van der Waals surface area contributed by atoms with Crippen LogP contribution in [0.25, 0.3) is 0 Å². The van der Waals surface area contributed by atoms with E-state index in [0.717, 1.165) is 11.0 Å². The molecule has 1 rings (SSSR count). The second kappa shape index (κ2) is 5.03. The average molecular weight is 230 g/mol. The summed E-state index contributed by atoms with van der Waals surface area (Å²) < 4.78 is 6.08. The Kier molecular flexibility index (Phi) is 4.22. The summed E-state index contributed by atoms with van der Waals surface area (Å²) in [5.41, 5.74) is 0. The Morgan fingerprint density at radius 3 is 2.60 bits per heavy atom.